The Kier molecular flexibility index (Phi) is 5.46. The van der Waals surface area contributed by atoms with Gasteiger partial charge in [0.05, 0.1) is 25.4 Å². The van der Waals surface area contributed by atoms with Crippen molar-refractivity contribution >= 4 is 11.7 Å². The smallest absolute Gasteiger partial charge is 0.257 e. The lowest BCUT2D eigenvalue weighted by Gasteiger charge is -2.30. The highest BCUT2D eigenvalue weighted by atomic mass is 16.5. The molecule has 2 aliphatic rings. The Hall–Kier alpha value is -1.66. The van der Waals surface area contributed by atoms with Crippen LogP contribution in [0, 0.1) is 5.92 Å². The molecule has 0 radical (unpaired) electrons. The van der Waals surface area contributed by atoms with E-state index in [9.17, 15) is 4.79 Å². The fourth-order valence-electron chi connectivity index (χ4n) is 3.16. The standard InChI is InChI=1S/C17H25N3O3/c1-2-19(12-14-5-9-23-13-14)17(21)15-4-3-6-18-16(15)20-7-10-22-11-8-20/h3-4,6,14H,2,5,7-13H2,1H3/t14-/m1/s1. The van der Waals surface area contributed by atoms with Crippen LogP contribution in [-0.4, -0.2) is 68.4 Å². The first-order valence-electron chi connectivity index (χ1n) is 8.44. The van der Waals surface area contributed by atoms with Gasteiger partial charge in [0, 0.05) is 44.9 Å². The summed E-state index contributed by atoms with van der Waals surface area (Å²) in [6, 6.07) is 3.72. The molecule has 126 valence electrons. The Balaban J connectivity index is 1.77. The summed E-state index contributed by atoms with van der Waals surface area (Å²) in [5.74, 6) is 1.29. The van der Waals surface area contributed by atoms with E-state index < -0.39 is 0 Å². The molecule has 1 aromatic heterocycles. The first kappa shape index (κ1) is 16.2. The molecule has 0 N–H and O–H groups in total. The zero-order chi connectivity index (χ0) is 16.1. The average molecular weight is 319 g/mol. The minimum absolute atomic E-state index is 0.0639. The van der Waals surface area contributed by atoms with Crippen LogP contribution in [-0.2, 0) is 9.47 Å². The quantitative estimate of drug-likeness (QED) is 0.821. The SMILES string of the molecule is CCN(C[C@H]1CCOC1)C(=O)c1cccnc1N1CCOCC1. The Morgan fingerprint density at radius 1 is 1.35 bits per heavy atom. The summed E-state index contributed by atoms with van der Waals surface area (Å²) in [5.41, 5.74) is 0.690. The number of ether oxygens (including phenoxy) is 2. The van der Waals surface area contributed by atoms with Crippen LogP contribution in [0.1, 0.15) is 23.7 Å². The predicted octanol–water partition coefficient (Wildman–Crippen LogP) is 1.42. The molecule has 0 aliphatic carbocycles. The maximum absolute atomic E-state index is 13.0. The Labute approximate surface area is 137 Å². The molecule has 6 heteroatoms. The molecule has 1 atom stereocenters. The number of anilines is 1. The number of hydrogen-bond acceptors (Lipinski definition) is 5. The van der Waals surface area contributed by atoms with Crippen LogP contribution in [0.3, 0.4) is 0 Å². The summed E-state index contributed by atoms with van der Waals surface area (Å²) < 4.78 is 10.8. The van der Waals surface area contributed by atoms with Crippen LogP contribution in [0.2, 0.25) is 0 Å². The Bertz CT molecular complexity index is 526. The van der Waals surface area contributed by atoms with E-state index in [1.165, 1.54) is 0 Å². The van der Waals surface area contributed by atoms with Crippen molar-refractivity contribution < 1.29 is 14.3 Å². The van der Waals surface area contributed by atoms with Crippen LogP contribution in [0.15, 0.2) is 18.3 Å². The number of amides is 1. The molecule has 0 spiro atoms. The largest absolute Gasteiger partial charge is 0.381 e. The highest BCUT2D eigenvalue weighted by Gasteiger charge is 2.26. The lowest BCUT2D eigenvalue weighted by molar-refractivity contribution is 0.0729. The third-order valence-corrected chi connectivity index (χ3v) is 4.50. The number of rotatable bonds is 5. The van der Waals surface area contributed by atoms with Crippen LogP contribution in [0.25, 0.3) is 0 Å². The number of aromatic nitrogens is 1. The van der Waals surface area contributed by atoms with Gasteiger partial charge in [-0.2, -0.15) is 0 Å². The van der Waals surface area contributed by atoms with Crippen molar-refractivity contribution in [2.24, 2.45) is 5.92 Å². The molecule has 2 fully saturated rings. The minimum atomic E-state index is 0.0639. The highest BCUT2D eigenvalue weighted by molar-refractivity contribution is 5.98. The summed E-state index contributed by atoms with van der Waals surface area (Å²) >= 11 is 0. The average Bonchev–Trinajstić information content (AvgIpc) is 3.13. The molecule has 0 saturated carbocycles. The van der Waals surface area contributed by atoms with Gasteiger partial charge in [0.25, 0.3) is 5.91 Å². The normalized spacial score (nSPS) is 21.4. The van der Waals surface area contributed by atoms with Gasteiger partial charge in [-0.25, -0.2) is 4.98 Å². The number of pyridine rings is 1. The number of hydrogen-bond donors (Lipinski definition) is 0. The number of nitrogens with zero attached hydrogens (tertiary/aromatic N) is 3. The van der Waals surface area contributed by atoms with E-state index in [1.54, 1.807) is 6.20 Å². The molecule has 0 aromatic carbocycles. The maximum Gasteiger partial charge on any atom is 0.257 e. The van der Waals surface area contributed by atoms with Gasteiger partial charge < -0.3 is 19.3 Å². The van der Waals surface area contributed by atoms with Gasteiger partial charge in [-0.15, -0.1) is 0 Å². The molecule has 2 saturated heterocycles. The molecule has 2 aliphatic heterocycles. The van der Waals surface area contributed by atoms with Gasteiger partial charge in [0.2, 0.25) is 0 Å². The predicted molar refractivity (Wildman–Crippen MR) is 87.8 cm³/mol. The van der Waals surface area contributed by atoms with Crippen LogP contribution >= 0.6 is 0 Å². The van der Waals surface area contributed by atoms with Crippen molar-refractivity contribution in [3.63, 3.8) is 0 Å². The molecule has 1 amide bonds. The molecular weight excluding hydrogens is 294 g/mol. The summed E-state index contributed by atoms with van der Waals surface area (Å²) in [5, 5.41) is 0. The van der Waals surface area contributed by atoms with Crippen LogP contribution < -0.4 is 4.90 Å². The van der Waals surface area contributed by atoms with E-state index >= 15 is 0 Å². The van der Waals surface area contributed by atoms with Crippen molar-refractivity contribution in [2.75, 3.05) is 57.5 Å². The van der Waals surface area contributed by atoms with Gasteiger partial charge in [0.1, 0.15) is 5.82 Å². The molecule has 3 rings (SSSR count). The number of carbonyl (C=O) groups excluding carboxylic acids is 1. The Morgan fingerprint density at radius 2 is 2.17 bits per heavy atom. The fraction of sp³-hybridized carbons (Fsp3) is 0.647. The Morgan fingerprint density at radius 3 is 2.87 bits per heavy atom. The molecule has 23 heavy (non-hydrogen) atoms. The lowest BCUT2D eigenvalue weighted by Crippen LogP contribution is -2.40. The van der Waals surface area contributed by atoms with E-state index in [1.807, 2.05) is 24.0 Å². The van der Waals surface area contributed by atoms with Crippen molar-refractivity contribution in [2.45, 2.75) is 13.3 Å². The van der Waals surface area contributed by atoms with Crippen LogP contribution in [0.4, 0.5) is 5.82 Å². The second-order valence-corrected chi connectivity index (χ2v) is 6.05. The van der Waals surface area contributed by atoms with E-state index in [4.69, 9.17) is 9.47 Å². The summed E-state index contributed by atoms with van der Waals surface area (Å²) in [6.07, 6.45) is 2.79. The van der Waals surface area contributed by atoms with Gasteiger partial charge in [0.15, 0.2) is 0 Å². The molecule has 1 aromatic rings. The van der Waals surface area contributed by atoms with Gasteiger partial charge in [-0.1, -0.05) is 0 Å². The lowest BCUT2D eigenvalue weighted by atomic mass is 10.1. The van der Waals surface area contributed by atoms with Crippen molar-refractivity contribution in [1.29, 1.82) is 0 Å². The number of morpholine rings is 1. The monoisotopic (exact) mass is 319 g/mol. The van der Waals surface area contributed by atoms with Gasteiger partial charge >= 0.3 is 0 Å². The van der Waals surface area contributed by atoms with Crippen molar-refractivity contribution in [3.05, 3.63) is 23.9 Å². The molecule has 0 bridgehead atoms. The highest BCUT2D eigenvalue weighted by Crippen LogP contribution is 2.22. The number of carbonyl (C=O) groups is 1. The molecule has 0 unspecified atom stereocenters. The van der Waals surface area contributed by atoms with Crippen molar-refractivity contribution in [1.82, 2.24) is 9.88 Å². The molecular formula is C17H25N3O3. The second kappa shape index (κ2) is 7.75. The van der Waals surface area contributed by atoms with E-state index in [0.29, 0.717) is 31.2 Å². The third kappa shape index (κ3) is 3.82. The molecule has 6 nitrogen and oxygen atoms in total. The van der Waals surface area contributed by atoms with Crippen LogP contribution in [0.5, 0.6) is 0 Å². The summed E-state index contributed by atoms with van der Waals surface area (Å²) in [7, 11) is 0. The van der Waals surface area contributed by atoms with E-state index in [-0.39, 0.29) is 5.91 Å². The summed E-state index contributed by atoms with van der Waals surface area (Å²) in [6.45, 7) is 7.97. The van der Waals surface area contributed by atoms with Gasteiger partial charge in [-0.05, 0) is 25.5 Å². The first-order chi connectivity index (χ1) is 11.3. The van der Waals surface area contributed by atoms with Crippen molar-refractivity contribution in [3.8, 4) is 0 Å². The minimum Gasteiger partial charge on any atom is -0.381 e. The van der Waals surface area contributed by atoms with Gasteiger partial charge in [-0.3, -0.25) is 4.79 Å². The second-order valence-electron chi connectivity index (χ2n) is 6.05. The summed E-state index contributed by atoms with van der Waals surface area (Å²) in [4.78, 5) is 21.5. The zero-order valence-corrected chi connectivity index (χ0v) is 13.7. The maximum atomic E-state index is 13.0. The third-order valence-electron chi connectivity index (χ3n) is 4.50. The van der Waals surface area contributed by atoms with E-state index in [2.05, 4.69) is 9.88 Å². The first-order valence-corrected chi connectivity index (χ1v) is 8.44. The van der Waals surface area contributed by atoms with E-state index in [0.717, 1.165) is 45.1 Å². The topological polar surface area (TPSA) is 54.9 Å². The molecule has 3 heterocycles. The zero-order valence-electron chi connectivity index (χ0n) is 13.7. The fourth-order valence-corrected chi connectivity index (χ4v) is 3.16.